The number of methoxy groups -OCH3 is 2. The van der Waals surface area contributed by atoms with Crippen LogP contribution in [0.1, 0.15) is 39.1 Å². The topological polar surface area (TPSA) is 162 Å². The minimum absolute atomic E-state index is 0.0493. The second kappa shape index (κ2) is 16.6. The summed E-state index contributed by atoms with van der Waals surface area (Å²) < 4.78 is 24.9. The molecule has 6 rings (SSSR count). The van der Waals surface area contributed by atoms with Gasteiger partial charge in [0.15, 0.2) is 0 Å². The molecular formula is C39H44N6O9. The third kappa shape index (κ3) is 7.83. The molecule has 0 radical (unpaired) electrons. The number of aryl methyl sites for hydroxylation is 1. The van der Waals surface area contributed by atoms with Gasteiger partial charge >= 0.3 is 0 Å². The molecule has 1 saturated heterocycles. The number of rotatable bonds is 16. The maximum absolute atomic E-state index is 13.3. The van der Waals surface area contributed by atoms with Crippen molar-refractivity contribution in [3.8, 4) is 28.4 Å². The lowest BCUT2D eigenvalue weighted by Gasteiger charge is -2.27. The van der Waals surface area contributed by atoms with Crippen LogP contribution in [0.3, 0.4) is 0 Å². The zero-order valence-electron chi connectivity index (χ0n) is 31.0. The van der Waals surface area contributed by atoms with Gasteiger partial charge in [-0.05, 0) is 61.8 Å². The minimum atomic E-state index is -1.04. The van der Waals surface area contributed by atoms with E-state index in [1.165, 1.54) is 6.07 Å². The highest BCUT2D eigenvalue weighted by Gasteiger charge is 2.46. The molecule has 1 unspecified atom stereocenters. The molecule has 0 saturated carbocycles. The van der Waals surface area contributed by atoms with Crippen LogP contribution >= 0.6 is 0 Å². The van der Waals surface area contributed by atoms with Crippen LogP contribution in [0.15, 0.2) is 59.8 Å². The minimum Gasteiger partial charge on any atom is -0.496 e. The predicted octanol–water partition coefficient (Wildman–Crippen LogP) is 2.48. The van der Waals surface area contributed by atoms with Gasteiger partial charge in [-0.15, -0.1) is 0 Å². The molecule has 2 aromatic carbocycles. The van der Waals surface area contributed by atoms with Gasteiger partial charge in [0.05, 0.1) is 49.5 Å². The van der Waals surface area contributed by atoms with Crippen molar-refractivity contribution in [1.29, 1.82) is 0 Å². The van der Waals surface area contributed by atoms with Crippen LogP contribution < -0.4 is 25.1 Å². The Hall–Kier alpha value is -5.64. The standard InChI is InChI=1S/C39H44N6O9/c1-42(15-16-53-17-18-54-31-8-6-7-26-35(31)39(50)45(38(26)49)30-9-10-34(46)41-36(30)47)13-14-43(2)22-29-32(51-4)19-24(20-33(29)52-5)28-23-44(3)37(48)27-21-40-12-11-25(27)28/h6-8,11-12,19-21,23,30H,9-10,13-18,22H2,1-5H3,(H,41,46,47). The van der Waals surface area contributed by atoms with E-state index in [1.807, 2.05) is 38.5 Å². The van der Waals surface area contributed by atoms with Crippen molar-refractivity contribution >= 4 is 34.4 Å². The summed E-state index contributed by atoms with van der Waals surface area (Å²) in [7, 11) is 9.04. The molecular weight excluding hydrogens is 696 g/mol. The Balaban J connectivity index is 0.973. The van der Waals surface area contributed by atoms with Gasteiger partial charge in [0, 0.05) is 63.8 Å². The van der Waals surface area contributed by atoms with Gasteiger partial charge in [0.2, 0.25) is 11.8 Å². The quantitative estimate of drug-likeness (QED) is 0.132. The van der Waals surface area contributed by atoms with Gasteiger partial charge in [-0.3, -0.25) is 39.2 Å². The lowest BCUT2D eigenvalue weighted by molar-refractivity contribution is -0.136. The molecule has 4 heterocycles. The number of hydrogen-bond donors (Lipinski definition) is 1. The number of ether oxygens (including phenoxy) is 4. The van der Waals surface area contributed by atoms with Crippen molar-refractivity contribution in [2.45, 2.75) is 25.4 Å². The lowest BCUT2D eigenvalue weighted by Crippen LogP contribution is -2.54. The Morgan fingerprint density at radius 1 is 0.852 bits per heavy atom. The van der Waals surface area contributed by atoms with Crippen LogP contribution in [0.4, 0.5) is 0 Å². The van der Waals surface area contributed by atoms with Crippen molar-refractivity contribution in [3.63, 3.8) is 0 Å². The highest BCUT2D eigenvalue weighted by molar-refractivity contribution is 6.24. The third-order valence-corrected chi connectivity index (χ3v) is 9.73. The zero-order chi connectivity index (χ0) is 38.5. The fraction of sp³-hybridized carbons (Fsp3) is 0.385. The molecule has 15 heteroatoms. The van der Waals surface area contributed by atoms with Crippen LogP contribution in [0.25, 0.3) is 21.9 Å². The van der Waals surface area contributed by atoms with Gasteiger partial charge < -0.3 is 33.3 Å². The van der Waals surface area contributed by atoms with Crippen LogP contribution in [0, 0.1) is 0 Å². The summed E-state index contributed by atoms with van der Waals surface area (Å²) in [5, 5.41) is 3.54. The van der Waals surface area contributed by atoms with E-state index in [2.05, 4.69) is 20.1 Å². The molecule has 284 valence electrons. The maximum atomic E-state index is 13.3. The maximum Gasteiger partial charge on any atom is 0.266 e. The molecule has 15 nitrogen and oxygen atoms in total. The van der Waals surface area contributed by atoms with Crippen molar-refractivity contribution in [1.82, 2.24) is 29.6 Å². The Labute approximate surface area is 312 Å². The number of nitrogens with zero attached hydrogens (tertiary/aromatic N) is 5. The first-order valence-corrected chi connectivity index (χ1v) is 17.6. The second-order valence-corrected chi connectivity index (χ2v) is 13.4. The molecule has 4 amide bonds. The smallest absolute Gasteiger partial charge is 0.266 e. The SMILES string of the molecule is COc1cc(-c2cn(C)c(=O)c3cnccc23)cc(OC)c1CN(C)CCN(C)CCOCCOc1cccc2c1C(=O)N(C1CCC(=O)NC1=O)C2=O. The monoisotopic (exact) mass is 740 g/mol. The summed E-state index contributed by atoms with van der Waals surface area (Å²) in [6.07, 6.45) is 5.21. The van der Waals surface area contributed by atoms with Crippen molar-refractivity contribution in [2.75, 3.05) is 67.8 Å². The van der Waals surface area contributed by atoms with Crippen molar-refractivity contribution in [3.05, 3.63) is 82.0 Å². The van der Waals surface area contributed by atoms with E-state index in [0.717, 1.165) is 40.1 Å². The van der Waals surface area contributed by atoms with Gasteiger partial charge in [-0.25, -0.2) is 0 Å². The first-order valence-electron chi connectivity index (χ1n) is 17.6. The highest BCUT2D eigenvalue weighted by atomic mass is 16.5. The number of pyridine rings is 2. The van der Waals surface area contributed by atoms with Gasteiger partial charge in [0.25, 0.3) is 17.4 Å². The Morgan fingerprint density at radius 3 is 2.31 bits per heavy atom. The molecule has 0 aliphatic carbocycles. The molecule has 1 fully saturated rings. The normalized spacial score (nSPS) is 15.7. The van der Waals surface area contributed by atoms with Crippen LogP contribution in [-0.2, 0) is 27.9 Å². The molecule has 0 spiro atoms. The molecule has 4 aromatic rings. The fourth-order valence-electron chi connectivity index (χ4n) is 6.78. The second-order valence-electron chi connectivity index (χ2n) is 13.4. The average molecular weight is 741 g/mol. The van der Waals surface area contributed by atoms with E-state index in [0.29, 0.717) is 36.6 Å². The Morgan fingerprint density at radius 2 is 1.59 bits per heavy atom. The number of carbonyl (C=O) groups is 4. The summed E-state index contributed by atoms with van der Waals surface area (Å²) in [6.45, 7) is 3.65. The number of amides is 4. The van der Waals surface area contributed by atoms with E-state index in [4.69, 9.17) is 18.9 Å². The largest absolute Gasteiger partial charge is 0.496 e. The van der Waals surface area contributed by atoms with Crippen molar-refractivity contribution < 1.29 is 38.1 Å². The zero-order valence-corrected chi connectivity index (χ0v) is 31.0. The van der Waals surface area contributed by atoms with E-state index in [9.17, 15) is 24.0 Å². The summed E-state index contributed by atoms with van der Waals surface area (Å²) in [4.78, 5) is 72.4. The number of carbonyl (C=O) groups excluding carboxylic acids is 4. The number of likely N-dealkylation sites (N-methyl/N-ethyl adjacent to an activating group) is 2. The first kappa shape index (κ1) is 38.1. The average Bonchev–Trinajstić information content (AvgIpc) is 3.42. The molecule has 2 aromatic heterocycles. The first-order chi connectivity index (χ1) is 26.0. The molecule has 2 aliphatic rings. The number of benzene rings is 2. The summed E-state index contributed by atoms with van der Waals surface area (Å²) in [5.74, 6) is -0.685. The number of aromatic nitrogens is 2. The summed E-state index contributed by atoms with van der Waals surface area (Å²) in [5.41, 5.74) is 2.80. The van der Waals surface area contributed by atoms with Crippen LogP contribution in [0.5, 0.6) is 17.2 Å². The van der Waals surface area contributed by atoms with E-state index in [-0.39, 0.29) is 48.5 Å². The highest BCUT2D eigenvalue weighted by Crippen LogP contribution is 2.38. The third-order valence-electron chi connectivity index (χ3n) is 9.73. The number of piperidine rings is 1. The van der Waals surface area contributed by atoms with Gasteiger partial charge in [-0.1, -0.05) is 6.07 Å². The van der Waals surface area contributed by atoms with Crippen molar-refractivity contribution in [2.24, 2.45) is 7.05 Å². The molecule has 0 bridgehead atoms. The van der Waals surface area contributed by atoms with E-state index >= 15 is 0 Å². The lowest BCUT2D eigenvalue weighted by atomic mass is 9.99. The number of fused-ring (bicyclic) bond motifs is 2. The summed E-state index contributed by atoms with van der Waals surface area (Å²) >= 11 is 0. The van der Waals surface area contributed by atoms with Gasteiger partial charge in [0.1, 0.15) is 29.9 Å². The number of nitrogens with one attached hydrogen (secondary N) is 1. The molecule has 54 heavy (non-hydrogen) atoms. The predicted molar refractivity (Wildman–Crippen MR) is 199 cm³/mol. The van der Waals surface area contributed by atoms with E-state index < -0.39 is 29.7 Å². The van der Waals surface area contributed by atoms with E-state index in [1.54, 1.807) is 50.4 Å². The van der Waals surface area contributed by atoms with Crippen LogP contribution in [-0.4, -0.2) is 122 Å². The summed E-state index contributed by atoms with van der Waals surface area (Å²) in [6, 6.07) is 9.49. The Kier molecular flexibility index (Phi) is 11.7. The number of hydrogen-bond acceptors (Lipinski definition) is 12. The molecule has 2 aliphatic heterocycles. The number of imide groups is 2. The van der Waals surface area contributed by atoms with Crippen LogP contribution in [0.2, 0.25) is 0 Å². The Bertz CT molecular complexity index is 2130. The molecule has 1 atom stereocenters. The molecule has 1 N–H and O–H groups in total. The fourth-order valence-corrected chi connectivity index (χ4v) is 6.78. The van der Waals surface area contributed by atoms with Gasteiger partial charge in [-0.2, -0.15) is 0 Å².